The number of nitrogens with zero attached hydrogens (tertiary/aromatic N) is 2. The highest BCUT2D eigenvalue weighted by Gasteiger charge is 2.46. The Balaban J connectivity index is 0.00000176. The third kappa shape index (κ3) is 3.05. The number of amides is 1. The maximum Gasteiger partial charge on any atom is 0.418 e. The van der Waals surface area contributed by atoms with Crippen LogP contribution in [0.4, 0.5) is 18.9 Å². The van der Waals surface area contributed by atoms with Crippen LogP contribution in [0.1, 0.15) is 24.8 Å². The van der Waals surface area contributed by atoms with Crippen molar-refractivity contribution < 1.29 is 18.0 Å². The Morgan fingerprint density at radius 3 is 2.59 bits per heavy atom. The summed E-state index contributed by atoms with van der Waals surface area (Å²) in [6, 6.07) is 0.927. The van der Waals surface area contributed by atoms with Crippen LogP contribution in [0.15, 0.2) is 18.5 Å². The van der Waals surface area contributed by atoms with Crippen molar-refractivity contribution in [2.75, 3.05) is 24.5 Å². The summed E-state index contributed by atoms with van der Waals surface area (Å²) in [5.41, 5.74) is -1.11. The van der Waals surface area contributed by atoms with Gasteiger partial charge in [-0.05, 0) is 37.4 Å². The van der Waals surface area contributed by atoms with Crippen LogP contribution in [0.5, 0.6) is 0 Å². The second-order valence-electron chi connectivity index (χ2n) is 5.80. The minimum atomic E-state index is -4.48. The van der Waals surface area contributed by atoms with Gasteiger partial charge in [-0.3, -0.25) is 9.78 Å². The first kappa shape index (κ1) is 17.0. The van der Waals surface area contributed by atoms with Crippen molar-refractivity contribution in [3.05, 3.63) is 24.0 Å². The van der Waals surface area contributed by atoms with Crippen LogP contribution in [0, 0.1) is 5.41 Å². The van der Waals surface area contributed by atoms with Crippen molar-refractivity contribution in [2.45, 2.75) is 25.4 Å². The zero-order valence-corrected chi connectivity index (χ0v) is 12.6. The van der Waals surface area contributed by atoms with E-state index in [2.05, 4.69) is 10.3 Å². The quantitative estimate of drug-likeness (QED) is 0.858. The molecule has 3 rings (SSSR count). The molecule has 0 aromatic carbocycles. The number of carbonyl (C=O) groups excluding carboxylic acids is 1. The first-order chi connectivity index (χ1) is 9.91. The Hall–Kier alpha value is -1.34. The van der Waals surface area contributed by atoms with E-state index in [-0.39, 0.29) is 29.4 Å². The summed E-state index contributed by atoms with van der Waals surface area (Å²) in [4.78, 5) is 17.3. The first-order valence-electron chi connectivity index (χ1n) is 6.94. The van der Waals surface area contributed by atoms with Crippen LogP contribution < -0.4 is 10.2 Å². The van der Waals surface area contributed by atoms with Gasteiger partial charge in [-0.2, -0.15) is 13.2 Å². The molecule has 1 spiro atoms. The number of nitrogens with one attached hydrogen (secondary N) is 1. The molecule has 1 aromatic heterocycles. The normalized spacial score (nSPS) is 21.0. The van der Waals surface area contributed by atoms with Gasteiger partial charge in [0.05, 0.1) is 17.4 Å². The zero-order valence-electron chi connectivity index (χ0n) is 11.8. The molecule has 4 nitrogen and oxygen atoms in total. The molecule has 0 unspecified atom stereocenters. The highest BCUT2D eigenvalue weighted by molar-refractivity contribution is 5.97. The Bertz CT molecular complexity index is 559. The molecule has 0 saturated carbocycles. The zero-order chi connectivity index (χ0) is 15.1. The van der Waals surface area contributed by atoms with Crippen LogP contribution in [-0.4, -0.2) is 30.5 Å². The molecule has 3 heterocycles. The molecule has 1 N–H and O–H groups in total. The molecule has 0 radical (unpaired) electrons. The van der Waals surface area contributed by atoms with Gasteiger partial charge in [0.2, 0.25) is 5.91 Å². The molecular formula is C14H17ClF3N3O. The Morgan fingerprint density at radius 2 is 1.95 bits per heavy atom. The average molecular weight is 336 g/mol. The van der Waals surface area contributed by atoms with E-state index in [0.29, 0.717) is 13.0 Å². The highest BCUT2D eigenvalue weighted by Crippen LogP contribution is 2.44. The van der Waals surface area contributed by atoms with Crippen LogP contribution in [-0.2, 0) is 11.0 Å². The topological polar surface area (TPSA) is 45.2 Å². The lowest BCUT2D eigenvalue weighted by Crippen LogP contribution is -2.39. The summed E-state index contributed by atoms with van der Waals surface area (Å²) < 4.78 is 39.3. The highest BCUT2D eigenvalue weighted by atomic mass is 35.5. The SMILES string of the molecule is Cl.O=C1CC2(CCNCC2)CN1c1cnccc1C(F)(F)F. The van der Waals surface area contributed by atoms with Crippen LogP contribution in [0.3, 0.4) is 0 Å². The van der Waals surface area contributed by atoms with Crippen molar-refractivity contribution >= 4 is 24.0 Å². The first-order valence-corrected chi connectivity index (χ1v) is 6.94. The standard InChI is InChI=1S/C14H16F3N3O.ClH/c15-14(16,17)10-1-4-19-8-11(10)20-9-13(7-12(20)21)2-5-18-6-3-13;/h1,4,8,18H,2-3,5-7,9H2;1H. The van der Waals surface area contributed by atoms with Gasteiger partial charge in [-0.25, -0.2) is 0 Å². The van der Waals surface area contributed by atoms with Crippen molar-refractivity contribution in [1.29, 1.82) is 0 Å². The van der Waals surface area contributed by atoms with Crippen LogP contribution >= 0.6 is 12.4 Å². The second kappa shape index (κ2) is 6.04. The molecule has 2 aliphatic heterocycles. The maximum atomic E-state index is 13.1. The molecule has 2 saturated heterocycles. The minimum Gasteiger partial charge on any atom is -0.317 e. The molecule has 2 aliphatic rings. The maximum absolute atomic E-state index is 13.1. The number of alkyl halides is 3. The molecule has 122 valence electrons. The van der Waals surface area contributed by atoms with Gasteiger partial charge in [0, 0.05) is 19.2 Å². The molecule has 2 fully saturated rings. The number of anilines is 1. The summed E-state index contributed by atoms with van der Waals surface area (Å²) in [6.07, 6.45) is -0.287. The Kier molecular flexibility index (Phi) is 4.67. The third-order valence-electron chi connectivity index (χ3n) is 4.38. The predicted molar refractivity (Wildman–Crippen MR) is 78.0 cm³/mol. The summed E-state index contributed by atoms with van der Waals surface area (Å²) >= 11 is 0. The fourth-order valence-corrected chi connectivity index (χ4v) is 3.25. The predicted octanol–water partition coefficient (Wildman–Crippen LogP) is 2.63. The lowest BCUT2D eigenvalue weighted by molar-refractivity contribution is -0.137. The van der Waals surface area contributed by atoms with Gasteiger partial charge < -0.3 is 10.2 Å². The van der Waals surface area contributed by atoms with Crippen molar-refractivity contribution in [2.24, 2.45) is 5.41 Å². The summed E-state index contributed by atoms with van der Waals surface area (Å²) in [5.74, 6) is -0.240. The lowest BCUT2D eigenvalue weighted by Gasteiger charge is -2.33. The molecule has 0 atom stereocenters. The summed E-state index contributed by atoms with van der Waals surface area (Å²) in [5, 5.41) is 3.22. The Labute approximate surface area is 132 Å². The van der Waals surface area contributed by atoms with Crippen molar-refractivity contribution in [1.82, 2.24) is 10.3 Å². The molecule has 8 heteroatoms. The number of piperidine rings is 1. The van der Waals surface area contributed by atoms with Gasteiger partial charge in [0.15, 0.2) is 0 Å². The second-order valence-corrected chi connectivity index (χ2v) is 5.80. The van der Waals surface area contributed by atoms with Crippen molar-refractivity contribution in [3.63, 3.8) is 0 Å². The van der Waals surface area contributed by atoms with E-state index in [4.69, 9.17) is 0 Å². The monoisotopic (exact) mass is 335 g/mol. The van der Waals surface area contributed by atoms with Gasteiger partial charge in [0.25, 0.3) is 0 Å². The van der Waals surface area contributed by atoms with E-state index in [9.17, 15) is 18.0 Å². The number of hydrogen-bond acceptors (Lipinski definition) is 3. The molecule has 0 aliphatic carbocycles. The molecule has 1 amide bonds. The van der Waals surface area contributed by atoms with Gasteiger partial charge >= 0.3 is 6.18 Å². The smallest absolute Gasteiger partial charge is 0.317 e. The Morgan fingerprint density at radius 1 is 1.27 bits per heavy atom. The molecular weight excluding hydrogens is 319 g/mol. The van der Waals surface area contributed by atoms with Crippen LogP contribution in [0.2, 0.25) is 0 Å². The summed E-state index contributed by atoms with van der Waals surface area (Å²) in [6.45, 7) is 1.96. The fraction of sp³-hybridized carbons (Fsp3) is 0.571. The van der Waals surface area contributed by atoms with Crippen LogP contribution in [0.25, 0.3) is 0 Å². The number of halogens is 4. The van der Waals surface area contributed by atoms with Gasteiger partial charge in [-0.15, -0.1) is 12.4 Å². The van der Waals surface area contributed by atoms with E-state index in [1.807, 2.05) is 0 Å². The van der Waals surface area contributed by atoms with E-state index < -0.39 is 11.7 Å². The third-order valence-corrected chi connectivity index (χ3v) is 4.38. The number of pyridine rings is 1. The van der Waals surface area contributed by atoms with E-state index in [1.165, 1.54) is 4.90 Å². The molecule has 0 bridgehead atoms. The number of carbonyl (C=O) groups is 1. The largest absolute Gasteiger partial charge is 0.418 e. The minimum absolute atomic E-state index is 0. The number of aromatic nitrogens is 1. The number of hydrogen-bond donors (Lipinski definition) is 1. The molecule has 1 aromatic rings. The molecule has 22 heavy (non-hydrogen) atoms. The van der Waals surface area contributed by atoms with E-state index in [0.717, 1.165) is 44.4 Å². The van der Waals surface area contributed by atoms with Gasteiger partial charge in [-0.1, -0.05) is 0 Å². The summed E-state index contributed by atoms with van der Waals surface area (Å²) in [7, 11) is 0. The lowest BCUT2D eigenvalue weighted by atomic mass is 9.78. The van der Waals surface area contributed by atoms with E-state index in [1.54, 1.807) is 0 Å². The average Bonchev–Trinajstić information content (AvgIpc) is 2.75. The number of rotatable bonds is 1. The van der Waals surface area contributed by atoms with Gasteiger partial charge in [0.1, 0.15) is 0 Å². The van der Waals surface area contributed by atoms with Crippen molar-refractivity contribution in [3.8, 4) is 0 Å². The fourth-order valence-electron chi connectivity index (χ4n) is 3.25. The van der Waals surface area contributed by atoms with E-state index >= 15 is 0 Å².